The lowest BCUT2D eigenvalue weighted by atomic mass is 10.1. The molecule has 1 aliphatic heterocycles. The average molecular weight is 337 g/mol. The average Bonchev–Trinajstić information content (AvgIpc) is 3.00. The lowest BCUT2D eigenvalue weighted by molar-refractivity contribution is -0.123. The number of para-hydroxylation sites is 2. The molecule has 2 N–H and O–H groups in total. The molecule has 2 aromatic carbocycles. The Morgan fingerprint density at radius 2 is 1.72 bits per heavy atom. The molecule has 5 nitrogen and oxygen atoms in total. The van der Waals surface area contributed by atoms with Gasteiger partial charge in [-0.3, -0.25) is 9.59 Å². The first kappa shape index (κ1) is 17.0. The predicted molar refractivity (Wildman–Crippen MR) is 99.9 cm³/mol. The summed E-state index contributed by atoms with van der Waals surface area (Å²) in [6.45, 7) is 4.98. The maximum absolute atomic E-state index is 12.2. The first-order valence-corrected chi connectivity index (χ1v) is 8.50. The number of benzene rings is 2. The molecule has 0 saturated carbocycles. The monoisotopic (exact) mass is 337 g/mol. The summed E-state index contributed by atoms with van der Waals surface area (Å²) in [6, 6.07) is 14.0. The minimum Gasteiger partial charge on any atom is -0.362 e. The topological polar surface area (TPSA) is 61.4 Å². The molecule has 0 spiro atoms. The van der Waals surface area contributed by atoms with E-state index < -0.39 is 0 Å². The van der Waals surface area contributed by atoms with Crippen molar-refractivity contribution < 1.29 is 9.59 Å². The van der Waals surface area contributed by atoms with E-state index in [1.165, 1.54) is 5.56 Å². The van der Waals surface area contributed by atoms with Gasteiger partial charge in [0.2, 0.25) is 11.8 Å². The SMILES string of the molecule is Cc1cccc(C)c1NC(=O)CNC(=O)CN1CCc2ccccc21. The van der Waals surface area contributed by atoms with Gasteiger partial charge < -0.3 is 15.5 Å². The number of nitrogens with one attached hydrogen (secondary N) is 2. The Kier molecular flexibility index (Phi) is 5.03. The Morgan fingerprint density at radius 1 is 1.00 bits per heavy atom. The van der Waals surface area contributed by atoms with Crippen molar-refractivity contribution in [2.24, 2.45) is 0 Å². The third kappa shape index (κ3) is 3.99. The van der Waals surface area contributed by atoms with Gasteiger partial charge in [0.1, 0.15) is 0 Å². The van der Waals surface area contributed by atoms with Crippen LogP contribution in [-0.4, -0.2) is 31.4 Å². The van der Waals surface area contributed by atoms with Crippen molar-refractivity contribution in [1.82, 2.24) is 5.32 Å². The number of carbonyl (C=O) groups excluding carboxylic acids is 2. The Balaban J connectivity index is 1.50. The summed E-state index contributed by atoms with van der Waals surface area (Å²) in [4.78, 5) is 26.3. The van der Waals surface area contributed by atoms with E-state index in [0.717, 1.165) is 35.5 Å². The Labute approximate surface area is 148 Å². The molecule has 130 valence electrons. The third-order valence-corrected chi connectivity index (χ3v) is 4.51. The number of rotatable bonds is 5. The molecule has 25 heavy (non-hydrogen) atoms. The molecule has 0 atom stereocenters. The van der Waals surface area contributed by atoms with Crippen molar-refractivity contribution in [3.63, 3.8) is 0 Å². The molecule has 0 saturated heterocycles. The van der Waals surface area contributed by atoms with Crippen LogP contribution in [0.2, 0.25) is 0 Å². The summed E-state index contributed by atoms with van der Waals surface area (Å²) in [5.41, 5.74) is 5.21. The zero-order chi connectivity index (χ0) is 17.8. The van der Waals surface area contributed by atoms with Gasteiger partial charge in [0.25, 0.3) is 0 Å². The fourth-order valence-corrected chi connectivity index (χ4v) is 3.17. The molecule has 0 aromatic heterocycles. The molecular weight excluding hydrogens is 314 g/mol. The van der Waals surface area contributed by atoms with Crippen LogP contribution in [0.25, 0.3) is 0 Å². The lowest BCUT2D eigenvalue weighted by Crippen LogP contribution is -2.40. The van der Waals surface area contributed by atoms with Crippen LogP contribution >= 0.6 is 0 Å². The van der Waals surface area contributed by atoms with Gasteiger partial charge in [-0.05, 0) is 43.0 Å². The molecule has 0 bridgehead atoms. The lowest BCUT2D eigenvalue weighted by Gasteiger charge is -2.18. The number of carbonyl (C=O) groups is 2. The highest BCUT2D eigenvalue weighted by Crippen LogP contribution is 2.26. The van der Waals surface area contributed by atoms with Crippen LogP contribution < -0.4 is 15.5 Å². The summed E-state index contributed by atoms with van der Waals surface area (Å²) in [5.74, 6) is -0.360. The summed E-state index contributed by atoms with van der Waals surface area (Å²) in [6.07, 6.45) is 0.955. The highest BCUT2D eigenvalue weighted by Gasteiger charge is 2.20. The third-order valence-electron chi connectivity index (χ3n) is 4.51. The smallest absolute Gasteiger partial charge is 0.243 e. The van der Waals surface area contributed by atoms with E-state index >= 15 is 0 Å². The van der Waals surface area contributed by atoms with Crippen molar-refractivity contribution >= 4 is 23.2 Å². The van der Waals surface area contributed by atoms with E-state index in [9.17, 15) is 9.59 Å². The van der Waals surface area contributed by atoms with Crippen molar-refractivity contribution in [2.75, 3.05) is 29.9 Å². The fourth-order valence-electron chi connectivity index (χ4n) is 3.17. The minimum atomic E-state index is -0.215. The van der Waals surface area contributed by atoms with Crippen LogP contribution in [0.4, 0.5) is 11.4 Å². The molecule has 5 heteroatoms. The number of amides is 2. The highest BCUT2D eigenvalue weighted by molar-refractivity contribution is 5.96. The molecule has 2 amide bonds. The van der Waals surface area contributed by atoms with E-state index in [2.05, 4.69) is 16.7 Å². The van der Waals surface area contributed by atoms with Gasteiger partial charge >= 0.3 is 0 Å². The number of hydrogen-bond acceptors (Lipinski definition) is 3. The molecular formula is C20H23N3O2. The number of nitrogens with zero attached hydrogens (tertiary/aromatic N) is 1. The number of fused-ring (bicyclic) bond motifs is 1. The van der Waals surface area contributed by atoms with Crippen molar-refractivity contribution in [2.45, 2.75) is 20.3 Å². The van der Waals surface area contributed by atoms with Crippen LogP contribution in [0.15, 0.2) is 42.5 Å². The number of anilines is 2. The van der Waals surface area contributed by atoms with Crippen LogP contribution in [0, 0.1) is 13.8 Å². The second kappa shape index (κ2) is 7.38. The largest absolute Gasteiger partial charge is 0.362 e. The molecule has 0 unspecified atom stereocenters. The zero-order valence-electron chi connectivity index (χ0n) is 14.6. The molecule has 0 radical (unpaired) electrons. The number of aryl methyl sites for hydroxylation is 2. The normalized spacial score (nSPS) is 12.6. The Hall–Kier alpha value is -2.82. The Morgan fingerprint density at radius 3 is 2.48 bits per heavy atom. The summed E-state index contributed by atoms with van der Waals surface area (Å²) in [7, 11) is 0. The van der Waals surface area contributed by atoms with Crippen LogP contribution in [0.1, 0.15) is 16.7 Å². The minimum absolute atomic E-state index is 0.0257. The molecule has 3 rings (SSSR count). The maximum Gasteiger partial charge on any atom is 0.243 e. The molecule has 0 fully saturated rings. The Bertz CT molecular complexity index is 781. The van der Waals surface area contributed by atoms with Gasteiger partial charge in [0, 0.05) is 17.9 Å². The summed E-state index contributed by atoms with van der Waals surface area (Å²) < 4.78 is 0. The van der Waals surface area contributed by atoms with Crippen LogP contribution in [-0.2, 0) is 16.0 Å². The van der Waals surface area contributed by atoms with Crippen molar-refractivity contribution in [3.8, 4) is 0 Å². The van der Waals surface area contributed by atoms with Crippen molar-refractivity contribution in [1.29, 1.82) is 0 Å². The van der Waals surface area contributed by atoms with Crippen molar-refractivity contribution in [3.05, 3.63) is 59.2 Å². The molecule has 0 aliphatic carbocycles. The predicted octanol–water partition coefficient (Wildman–Crippen LogP) is 2.42. The highest BCUT2D eigenvalue weighted by atomic mass is 16.2. The van der Waals surface area contributed by atoms with Gasteiger partial charge in [-0.2, -0.15) is 0 Å². The summed E-state index contributed by atoms with van der Waals surface area (Å²) in [5, 5.41) is 5.58. The van der Waals surface area contributed by atoms with Gasteiger partial charge in [-0.1, -0.05) is 36.4 Å². The molecule has 1 heterocycles. The second-order valence-electron chi connectivity index (χ2n) is 6.39. The van der Waals surface area contributed by atoms with Gasteiger partial charge in [-0.15, -0.1) is 0 Å². The van der Waals surface area contributed by atoms with E-state index in [1.807, 2.05) is 55.1 Å². The van der Waals surface area contributed by atoms with Gasteiger partial charge in [0.05, 0.1) is 13.1 Å². The number of hydrogen-bond donors (Lipinski definition) is 2. The summed E-state index contributed by atoms with van der Waals surface area (Å²) >= 11 is 0. The standard InChI is InChI=1S/C20H23N3O2/c1-14-6-5-7-15(2)20(14)22-18(24)12-21-19(25)13-23-11-10-16-8-3-4-9-17(16)23/h3-9H,10-13H2,1-2H3,(H,21,25)(H,22,24). The molecule has 2 aromatic rings. The van der Waals surface area contributed by atoms with E-state index in [4.69, 9.17) is 0 Å². The van der Waals surface area contributed by atoms with Gasteiger partial charge in [-0.25, -0.2) is 0 Å². The first-order chi connectivity index (χ1) is 12.0. The second-order valence-corrected chi connectivity index (χ2v) is 6.39. The first-order valence-electron chi connectivity index (χ1n) is 8.50. The van der Waals surface area contributed by atoms with E-state index in [-0.39, 0.29) is 24.9 Å². The van der Waals surface area contributed by atoms with Gasteiger partial charge in [0.15, 0.2) is 0 Å². The van der Waals surface area contributed by atoms with E-state index in [0.29, 0.717) is 0 Å². The quantitative estimate of drug-likeness (QED) is 0.881. The molecule has 1 aliphatic rings. The van der Waals surface area contributed by atoms with Crippen LogP contribution in [0.3, 0.4) is 0 Å². The maximum atomic E-state index is 12.2. The van der Waals surface area contributed by atoms with E-state index in [1.54, 1.807) is 0 Å². The fraction of sp³-hybridized carbons (Fsp3) is 0.300. The van der Waals surface area contributed by atoms with Crippen LogP contribution in [0.5, 0.6) is 0 Å². The zero-order valence-corrected chi connectivity index (χ0v) is 14.6.